The van der Waals surface area contributed by atoms with E-state index in [0.717, 1.165) is 28.7 Å². The van der Waals surface area contributed by atoms with Crippen LogP contribution in [0.1, 0.15) is 53.5 Å². The number of benzene rings is 1. The van der Waals surface area contributed by atoms with Crippen molar-refractivity contribution >= 4 is 22.9 Å². The molecule has 3 amide bonds. The molecule has 0 aliphatic heterocycles. The van der Waals surface area contributed by atoms with Gasteiger partial charge in [0.15, 0.2) is 6.10 Å². The Morgan fingerprint density at radius 3 is 2.41 bits per heavy atom. The van der Waals surface area contributed by atoms with Gasteiger partial charge >= 0.3 is 11.7 Å². The van der Waals surface area contributed by atoms with Crippen LogP contribution in [0.3, 0.4) is 0 Å². The lowest BCUT2D eigenvalue weighted by Gasteiger charge is -2.28. The van der Waals surface area contributed by atoms with Crippen molar-refractivity contribution in [3.05, 3.63) is 40.2 Å². The molecule has 7 heteroatoms. The Kier molecular flexibility index (Phi) is 7.42. The summed E-state index contributed by atoms with van der Waals surface area (Å²) in [7, 11) is 0. The zero-order chi connectivity index (χ0) is 21.7. The van der Waals surface area contributed by atoms with Crippen LogP contribution in [0.25, 0.3) is 11.0 Å². The SMILES string of the molecule is CCCc1cc(=O)oc2cc(O[C@H](C)C(=O)N(C(=O)NC(C)C)C(C)C)ccc12. The molecular weight excluding hydrogens is 372 g/mol. The van der Waals surface area contributed by atoms with Gasteiger partial charge in [0.2, 0.25) is 0 Å². The van der Waals surface area contributed by atoms with Gasteiger partial charge in [-0.05, 0) is 58.7 Å². The highest BCUT2D eigenvalue weighted by molar-refractivity contribution is 5.97. The van der Waals surface area contributed by atoms with Gasteiger partial charge in [0.25, 0.3) is 5.91 Å². The standard InChI is InChI=1S/C22H30N2O5/c1-7-8-16-11-20(25)29-19-12-17(9-10-18(16)19)28-15(6)21(26)24(14(4)5)22(27)23-13(2)3/h9-15H,7-8H2,1-6H3,(H,23,27)/t15-/m1/s1. The third-order valence-corrected chi connectivity index (χ3v) is 4.37. The fourth-order valence-electron chi connectivity index (χ4n) is 3.12. The van der Waals surface area contributed by atoms with Crippen LogP contribution in [0.15, 0.2) is 33.5 Å². The van der Waals surface area contributed by atoms with Gasteiger partial charge in [-0.15, -0.1) is 0 Å². The molecule has 0 spiro atoms. The summed E-state index contributed by atoms with van der Waals surface area (Å²) in [6, 6.07) is 5.80. The zero-order valence-corrected chi connectivity index (χ0v) is 17.9. The zero-order valence-electron chi connectivity index (χ0n) is 17.9. The Labute approximate surface area is 171 Å². The molecule has 0 bridgehead atoms. The van der Waals surface area contributed by atoms with Crippen LogP contribution in [0.4, 0.5) is 4.79 Å². The molecule has 0 fully saturated rings. The number of hydrogen-bond acceptors (Lipinski definition) is 5. The van der Waals surface area contributed by atoms with Crippen molar-refractivity contribution in [2.75, 3.05) is 0 Å². The van der Waals surface area contributed by atoms with E-state index < -0.39 is 23.7 Å². The Balaban J connectivity index is 2.25. The molecule has 158 valence electrons. The van der Waals surface area contributed by atoms with Gasteiger partial charge in [0, 0.05) is 29.6 Å². The highest BCUT2D eigenvalue weighted by Gasteiger charge is 2.30. The van der Waals surface area contributed by atoms with Crippen LogP contribution in [-0.2, 0) is 11.2 Å². The van der Waals surface area contributed by atoms with Crippen molar-refractivity contribution in [2.24, 2.45) is 0 Å². The van der Waals surface area contributed by atoms with Gasteiger partial charge in [0.05, 0.1) is 0 Å². The van der Waals surface area contributed by atoms with E-state index in [1.165, 1.54) is 6.07 Å². The lowest BCUT2D eigenvalue weighted by atomic mass is 10.1. The highest BCUT2D eigenvalue weighted by atomic mass is 16.5. The molecule has 0 radical (unpaired) electrons. The monoisotopic (exact) mass is 402 g/mol. The number of carbonyl (C=O) groups is 2. The summed E-state index contributed by atoms with van der Waals surface area (Å²) in [4.78, 5) is 38.2. The molecule has 1 N–H and O–H groups in total. The predicted octanol–water partition coefficient (Wildman–Crippen LogP) is 3.87. The molecule has 0 saturated carbocycles. The quantitative estimate of drug-likeness (QED) is 0.710. The number of amides is 3. The molecule has 2 aromatic rings. The maximum absolute atomic E-state index is 12.8. The molecule has 2 rings (SSSR count). The number of carbonyl (C=O) groups excluding carboxylic acids is 2. The van der Waals surface area contributed by atoms with Crippen molar-refractivity contribution in [2.45, 2.75) is 72.6 Å². The van der Waals surface area contributed by atoms with Crippen LogP contribution in [0, 0.1) is 0 Å². The second kappa shape index (κ2) is 9.58. The van der Waals surface area contributed by atoms with Crippen molar-refractivity contribution < 1.29 is 18.7 Å². The normalized spacial score (nSPS) is 12.3. The van der Waals surface area contributed by atoms with E-state index >= 15 is 0 Å². The minimum Gasteiger partial charge on any atom is -0.481 e. The number of urea groups is 1. The van der Waals surface area contributed by atoms with Crippen LogP contribution < -0.4 is 15.7 Å². The molecule has 29 heavy (non-hydrogen) atoms. The first-order valence-corrected chi connectivity index (χ1v) is 10.0. The highest BCUT2D eigenvalue weighted by Crippen LogP contribution is 2.24. The van der Waals surface area contributed by atoms with E-state index in [1.54, 1.807) is 32.9 Å². The van der Waals surface area contributed by atoms with E-state index in [4.69, 9.17) is 9.15 Å². The van der Waals surface area contributed by atoms with Gasteiger partial charge < -0.3 is 14.5 Å². The van der Waals surface area contributed by atoms with Crippen LogP contribution in [0.5, 0.6) is 5.75 Å². The molecule has 0 aliphatic carbocycles. The van der Waals surface area contributed by atoms with E-state index in [-0.39, 0.29) is 12.1 Å². The molecule has 7 nitrogen and oxygen atoms in total. The number of nitrogens with zero attached hydrogens (tertiary/aromatic N) is 1. The van der Waals surface area contributed by atoms with E-state index in [0.29, 0.717) is 11.3 Å². The molecule has 0 saturated heterocycles. The first kappa shape index (κ1) is 22.5. The number of fused-ring (bicyclic) bond motifs is 1. The summed E-state index contributed by atoms with van der Waals surface area (Å²) >= 11 is 0. The maximum Gasteiger partial charge on any atom is 0.336 e. The van der Waals surface area contributed by atoms with E-state index in [1.807, 2.05) is 26.8 Å². The molecule has 1 aromatic carbocycles. The second-order valence-electron chi connectivity index (χ2n) is 7.66. The molecule has 0 aliphatic rings. The summed E-state index contributed by atoms with van der Waals surface area (Å²) in [6.07, 6.45) is 0.787. The number of rotatable bonds is 7. The molecular formula is C22H30N2O5. The Bertz CT molecular complexity index is 932. The molecule has 1 aromatic heterocycles. The van der Waals surface area contributed by atoms with Crippen molar-refractivity contribution in [1.29, 1.82) is 0 Å². The Hall–Kier alpha value is -2.83. The third-order valence-electron chi connectivity index (χ3n) is 4.37. The maximum atomic E-state index is 12.8. The first-order valence-electron chi connectivity index (χ1n) is 10.0. The fourth-order valence-corrected chi connectivity index (χ4v) is 3.12. The minimum atomic E-state index is -0.890. The summed E-state index contributed by atoms with van der Waals surface area (Å²) < 4.78 is 11.1. The summed E-state index contributed by atoms with van der Waals surface area (Å²) in [5, 5.41) is 3.58. The average Bonchev–Trinajstić information content (AvgIpc) is 2.60. The topological polar surface area (TPSA) is 88.8 Å². The number of nitrogens with one attached hydrogen (secondary N) is 1. The van der Waals surface area contributed by atoms with Crippen LogP contribution in [0.2, 0.25) is 0 Å². The van der Waals surface area contributed by atoms with Gasteiger partial charge in [-0.25, -0.2) is 9.59 Å². The summed E-state index contributed by atoms with van der Waals surface area (Å²) in [5.74, 6) is -0.0532. The molecule has 1 heterocycles. The van der Waals surface area contributed by atoms with Gasteiger partial charge in [0.1, 0.15) is 11.3 Å². The lowest BCUT2D eigenvalue weighted by molar-refractivity contribution is -0.136. The number of ether oxygens (including phenoxy) is 1. The number of imide groups is 1. The van der Waals surface area contributed by atoms with Crippen LogP contribution >= 0.6 is 0 Å². The van der Waals surface area contributed by atoms with Crippen molar-refractivity contribution in [3.8, 4) is 5.75 Å². The van der Waals surface area contributed by atoms with Gasteiger partial charge in [-0.1, -0.05) is 13.3 Å². The Morgan fingerprint density at radius 2 is 1.83 bits per heavy atom. The average molecular weight is 402 g/mol. The first-order chi connectivity index (χ1) is 13.6. The summed E-state index contributed by atoms with van der Waals surface area (Å²) in [5.41, 5.74) is 0.917. The minimum absolute atomic E-state index is 0.0894. The fraction of sp³-hybridized carbons (Fsp3) is 0.500. The van der Waals surface area contributed by atoms with E-state index in [9.17, 15) is 14.4 Å². The predicted molar refractivity (Wildman–Crippen MR) is 112 cm³/mol. The van der Waals surface area contributed by atoms with E-state index in [2.05, 4.69) is 5.32 Å². The number of aryl methyl sites for hydroxylation is 1. The van der Waals surface area contributed by atoms with Gasteiger partial charge in [-0.2, -0.15) is 0 Å². The smallest absolute Gasteiger partial charge is 0.336 e. The lowest BCUT2D eigenvalue weighted by Crippen LogP contribution is -2.53. The van der Waals surface area contributed by atoms with Crippen molar-refractivity contribution in [3.63, 3.8) is 0 Å². The van der Waals surface area contributed by atoms with Crippen molar-refractivity contribution in [1.82, 2.24) is 10.2 Å². The Morgan fingerprint density at radius 1 is 1.14 bits per heavy atom. The second-order valence-corrected chi connectivity index (χ2v) is 7.66. The molecule has 0 unspecified atom stereocenters. The molecule has 1 atom stereocenters. The number of hydrogen-bond donors (Lipinski definition) is 1. The third kappa shape index (κ3) is 5.59. The van der Waals surface area contributed by atoms with Crippen LogP contribution in [-0.4, -0.2) is 35.0 Å². The largest absolute Gasteiger partial charge is 0.481 e. The summed E-state index contributed by atoms with van der Waals surface area (Å²) in [6.45, 7) is 10.8. The van der Waals surface area contributed by atoms with Gasteiger partial charge in [-0.3, -0.25) is 9.69 Å².